The molecule has 3 aliphatic carbocycles. The fraction of sp³-hybridized carbons (Fsp3) is 0.220. The zero-order valence-electron chi connectivity index (χ0n) is 24.0. The molecule has 5 aliphatic rings. The number of benzene rings is 5. The van der Waals surface area contributed by atoms with Crippen molar-refractivity contribution < 1.29 is 9.84 Å². The van der Waals surface area contributed by atoms with Crippen LogP contribution < -0.4 is 0 Å². The van der Waals surface area contributed by atoms with Crippen molar-refractivity contribution in [3.8, 4) is 0 Å². The highest BCUT2D eigenvalue weighted by molar-refractivity contribution is 5.83. The third-order valence-corrected chi connectivity index (χ3v) is 11.3. The van der Waals surface area contributed by atoms with Gasteiger partial charge in [0.2, 0.25) is 0 Å². The topological polar surface area (TPSA) is 29.5 Å². The Morgan fingerprint density at radius 2 is 1.05 bits per heavy atom. The van der Waals surface area contributed by atoms with Gasteiger partial charge in [0.05, 0.1) is 11.7 Å². The maximum Gasteiger partial charge on any atom is 0.128 e. The highest BCUT2D eigenvalue weighted by atomic mass is 16.6. The van der Waals surface area contributed by atoms with Gasteiger partial charge in [-0.3, -0.25) is 0 Å². The van der Waals surface area contributed by atoms with Gasteiger partial charge in [0, 0.05) is 17.3 Å². The number of ether oxygens (including phenoxy) is 1. The first-order chi connectivity index (χ1) is 21.2. The van der Waals surface area contributed by atoms with Crippen molar-refractivity contribution in [1.82, 2.24) is 0 Å². The number of rotatable bonds is 5. The van der Waals surface area contributed by atoms with Crippen LogP contribution in [0.1, 0.15) is 40.7 Å². The minimum absolute atomic E-state index is 0.0323. The van der Waals surface area contributed by atoms with Gasteiger partial charge in [0.15, 0.2) is 0 Å². The fourth-order valence-corrected chi connectivity index (χ4v) is 10.0. The van der Waals surface area contributed by atoms with E-state index >= 15 is 0 Å². The van der Waals surface area contributed by atoms with Gasteiger partial charge in [0.1, 0.15) is 5.60 Å². The maximum absolute atomic E-state index is 13.0. The van der Waals surface area contributed by atoms with E-state index in [1.54, 1.807) is 0 Å². The molecule has 10 rings (SSSR count). The summed E-state index contributed by atoms with van der Waals surface area (Å²) in [4.78, 5) is 0. The van der Waals surface area contributed by atoms with Crippen molar-refractivity contribution in [3.05, 3.63) is 185 Å². The first-order valence-corrected chi connectivity index (χ1v) is 15.6. The largest absolute Gasteiger partial charge is 0.389 e. The number of hydrogen-bond acceptors (Lipinski definition) is 2. The maximum atomic E-state index is 13.0. The van der Waals surface area contributed by atoms with Crippen molar-refractivity contribution >= 4 is 5.57 Å². The van der Waals surface area contributed by atoms with Crippen molar-refractivity contribution in [1.29, 1.82) is 0 Å². The Labute approximate surface area is 253 Å². The Bertz CT molecular complexity index is 1780. The lowest BCUT2D eigenvalue weighted by Crippen LogP contribution is -2.62. The monoisotopic (exact) mass is 558 g/mol. The standard InChI is InChI=1S/C41H34O2/c42-38-39(30-20-10-3-11-21-30)27-40(31-22-12-4-13-23-31)37-34(39)26-33(36(37)41(38,43-40)32-24-14-5-15-25-32)35(28-16-6-1-7-17-28)29-18-8-2-9-19-29/h1-25,34,36-38,42H,26-27H2/t34?,36-,37-,38?,39+,40-,41+/m0/s1. The van der Waals surface area contributed by atoms with Crippen LogP contribution in [-0.2, 0) is 21.4 Å². The van der Waals surface area contributed by atoms with Gasteiger partial charge in [0.25, 0.3) is 0 Å². The summed E-state index contributed by atoms with van der Waals surface area (Å²) in [5.41, 5.74) is 6.90. The van der Waals surface area contributed by atoms with Crippen molar-refractivity contribution in [2.75, 3.05) is 0 Å². The van der Waals surface area contributed by atoms with E-state index in [0.717, 1.165) is 18.4 Å². The van der Waals surface area contributed by atoms with E-state index in [1.807, 2.05) is 0 Å². The minimum atomic E-state index is -0.882. The Hall–Kier alpha value is -4.24. The average molecular weight is 559 g/mol. The van der Waals surface area contributed by atoms with Gasteiger partial charge in [-0.1, -0.05) is 157 Å². The lowest BCUT2D eigenvalue weighted by molar-refractivity contribution is -0.231. The molecule has 5 aromatic rings. The zero-order chi connectivity index (χ0) is 28.6. The molecule has 2 heteroatoms. The Balaban J connectivity index is 1.41. The van der Waals surface area contributed by atoms with E-state index in [9.17, 15) is 5.11 Å². The first kappa shape index (κ1) is 25.3. The summed E-state index contributed by atoms with van der Waals surface area (Å²) in [6.07, 6.45) is 1.03. The minimum Gasteiger partial charge on any atom is -0.389 e. The van der Waals surface area contributed by atoms with Gasteiger partial charge < -0.3 is 9.84 Å². The van der Waals surface area contributed by atoms with Gasteiger partial charge in [-0.25, -0.2) is 0 Å². The third-order valence-electron chi connectivity index (χ3n) is 11.3. The molecular formula is C41H34O2. The molecule has 0 spiro atoms. The Morgan fingerprint density at radius 1 is 0.581 bits per heavy atom. The molecule has 5 fully saturated rings. The predicted octanol–water partition coefficient (Wildman–Crippen LogP) is 8.28. The molecule has 3 saturated carbocycles. The molecule has 1 N–H and O–H groups in total. The van der Waals surface area contributed by atoms with E-state index in [4.69, 9.17) is 4.74 Å². The number of hydrogen-bond donors (Lipinski definition) is 1. The lowest BCUT2D eigenvalue weighted by atomic mass is 9.55. The summed E-state index contributed by atoms with van der Waals surface area (Å²) in [5.74, 6) is 0.507. The number of aliphatic hydroxyl groups is 1. The van der Waals surface area contributed by atoms with E-state index in [-0.39, 0.29) is 17.8 Å². The highest BCUT2D eigenvalue weighted by Crippen LogP contribution is 2.83. The van der Waals surface area contributed by atoms with Crippen molar-refractivity contribution in [3.63, 3.8) is 0 Å². The zero-order valence-corrected chi connectivity index (χ0v) is 24.0. The average Bonchev–Trinajstić information content (AvgIpc) is 3.67. The summed E-state index contributed by atoms with van der Waals surface area (Å²) >= 11 is 0. The fourth-order valence-electron chi connectivity index (χ4n) is 10.0. The molecule has 2 aliphatic heterocycles. The first-order valence-electron chi connectivity index (χ1n) is 15.6. The Morgan fingerprint density at radius 3 is 1.58 bits per heavy atom. The lowest BCUT2D eigenvalue weighted by Gasteiger charge is -2.54. The third kappa shape index (κ3) is 3.15. The quantitative estimate of drug-likeness (QED) is 0.235. The van der Waals surface area contributed by atoms with E-state index in [1.165, 1.54) is 33.4 Å². The summed E-state index contributed by atoms with van der Waals surface area (Å²) in [6.45, 7) is 0. The van der Waals surface area contributed by atoms with Crippen LogP contribution in [0.5, 0.6) is 0 Å². The molecule has 2 unspecified atom stereocenters. The Kier molecular flexibility index (Phi) is 5.37. The normalized spacial score (nSPS) is 33.2. The molecule has 0 aromatic heterocycles. The molecule has 2 saturated heterocycles. The van der Waals surface area contributed by atoms with Gasteiger partial charge in [-0.15, -0.1) is 0 Å². The highest BCUT2D eigenvalue weighted by Gasteiger charge is 2.86. The molecule has 43 heavy (non-hydrogen) atoms. The van der Waals surface area contributed by atoms with Gasteiger partial charge in [-0.05, 0) is 52.1 Å². The van der Waals surface area contributed by atoms with Crippen LogP contribution in [-0.4, -0.2) is 11.2 Å². The summed E-state index contributed by atoms with van der Waals surface area (Å²) in [5, 5.41) is 13.0. The van der Waals surface area contributed by atoms with Crippen LogP contribution in [0.3, 0.4) is 0 Å². The molecular weight excluding hydrogens is 524 g/mol. The molecule has 0 radical (unpaired) electrons. The van der Waals surface area contributed by atoms with Crippen LogP contribution in [0.2, 0.25) is 0 Å². The second-order valence-electron chi connectivity index (χ2n) is 12.9. The molecule has 6 bridgehead atoms. The molecule has 210 valence electrons. The van der Waals surface area contributed by atoms with E-state index < -0.39 is 22.7 Å². The van der Waals surface area contributed by atoms with Crippen LogP contribution in [0.15, 0.2) is 157 Å². The summed E-state index contributed by atoms with van der Waals surface area (Å²) in [7, 11) is 0. The van der Waals surface area contributed by atoms with Crippen molar-refractivity contribution in [2.24, 2.45) is 17.8 Å². The van der Waals surface area contributed by atoms with Crippen LogP contribution in [0, 0.1) is 17.8 Å². The number of aliphatic hydroxyl groups excluding tert-OH is 1. The van der Waals surface area contributed by atoms with Crippen LogP contribution in [0.25, 0.3) is 5.57 Å². The molecule has 5 aromatic carbocycles. The molecule has 2 heterocycles. The summed E-state index contributed by atoms with van der Waals surface area (Å²) in [6, 6.07) is 54.1. The van der Waals surface area contributed by atoms with Gasteiger partial charge >= 0.3 is 0 Å². The van der Waals surface area contributed by atoms with Crippen LogP contribution in [0.4, 0.5) is 0 Å². The van der Waals surface area contributed by atoms with E-state index in [2.05, 4.69) is 152 Å². The van der Waals surface area contributed by atoms with Crippen molar-refractivity contribution in [2.45, 2.75) is 35.6 Å². The van der Waals surface area contributed by atoms with E-state index in [0.29, 0.717) is 0 Å². The second kappa shape index (κ2) is 9.13. The molecule has 7 atom stereocenters. The predicted molar refractivity (Wildman–Crippen MR) is 170 cm³/mol. The second-order valence-corrected chi connectivity index (χ2v) is 12.9. The molecule has 0 amide bonds. The SMILES string of the molecule is OC1[C@@]2(c3ccccc3)C[C@@]3(c4ccccc4)O[C@]1(c1ccccc1)[C@H]1C(=C(c4ccccc4)c4ccccc4)CC2[C@@H]13. The molecule has 2 nitrogen and oxygen atoms in total. The smallest absolute Gasteiger partial charge is 0.128 e. The van der Waals surface area contributed by atoms with Gasteiger partial charge in [-0.2, -0.15) is 0 Å². The summed E-state index contributed by atoms with van der Waals surface area (Å²) < 4.78 is 7.66. The van der Waals surface area contributed by atoms with Crippen LogP contribution >= 0.6 is 0 Å².